The normalized spacial score (nSPS) is 11.9. The summed E-state index contributed by atoms with van der Waals surface area (Å²) in [4.78, 5) is 5.61. The quantitative estimate of drug-likeness (QED) is 0.478. The van der Waals surface area contributed by atoms with Gasteiger partial charge in [0.1, 0.15) is 0 Å². The third-order valence-corrected chi connectivity index (χ3v) is 4.15. The van der Waals surface area contributed by atoms with Crippen LogP contribution < -0.4 is 10.6 Å². The van der Waals surface area contributed by atoms with Crippen LogP contribution in [0.15, 0.2) is 17.1 Å². The molecule has 1 heterocycles. The van der Waals surface area contributed by atoms with Crippen LogP contribution in [-0.4, -0.2) is 26.1 Å². The van der Waals surface area contributed by atoms with Crippen LogP contribution >= 0.6 is 33.9 Å². The summed E-state index contributed by atoms with van der Waals surface area (Å²) in [5, 5.41) is 6.63. The van der Waals surface area contributed by atoms with Crippen molar-refractivity contribution in [2.24, 2.45) is 10.9 Å². The molecule has 0 spiro atoms. The highest BCUT2D eigenvalue weighted by atomic mass is 127. The van der Waals surface area contributed by atoms with Gasteiger partial charge in [-0.2, -0.15) is 0 Å². The number of aliphatic imine (C=N–C) groups is 1. The minimum Gasteiger partial charge on any atom is -0.356 e. The SMILES string of the molecule is CN=C(NCCc1ccc(I)s1)NCC(C)C. The highest BCUT2D eigenvalue weighted by molar-refractivity contribution is 14.1. The molecule has 0 unspecified atom stereocenters. The lowest BCUT2D eigenvalue weighted by atomic mass is 10.2. The first-order chi connectivity index (χ1) is 8.11. The van der Waals surface area contributed by atoms with E-state index in [0.29, 0.717) is 5.92 Å². The fourth-order valence-corrected chi connectivity index (χ4v) is 3.07. The van der Waals surface area contributed by atoms with Crippen molar-refractivity contribution >= 4 is 39.9 Å². The molecule has 0 atom stereocenters. The number of thiophene rings is 1. The summed E-state index contributed by atoms with van der Waals surface area (Å²) in [6.07, 6.45) is 1.05. The molecular formula is C12H20IN3S. The predicted molar refractivity (Wildman–Crippen MR) is 84.9 cm³/mol. The fourth-order valence-electron chi connectivity index (χ4n) is 1.31. The van der Waals surface area contributed by atoms with Gasteiger partial charge in [-0.05, 0) is 47.1 Å². The number of nitrogens with one attached hydrogen (secondary N) is 2. The van der Waals surface area contributed by atoms with E-state index in [-0.39, 0.29) is 0 Å². The molecule has 0 saturated heterocycles. The van der Waals surface area contributed by atoms with Crippen LogP contribution in [-0.2, 0) is 6.42 Å². The summed E-state index contributed by atoms with van der Waals surface area (Å²) in [6, 6.07) is 4.35. The number of hydrogen-bond acceptors (Lipinski definition) is 2. The average Bonchev–Trinajstić information content (AvgIpc) is 2.69. The maximum Gasteiger partial charge on any atom is 0.190 e. The van der Waals surface area contributed by atoms with Gasteiger partial charge in [0.25, 0.3) is 0 Å². The number of hydrogen-bond donors (Lipinski definition) is 2. The molecule has 0 aromatic carbocycles. The van der Waals surface area contributed by atoms with Crippen LogP contribution in [0.4, 0.5) is 0 Å². The van der Waals surface area contributed by atoms with E-state index in [0.717, 1.165) is 25.5 Å². The Hall–Kier alpha value is -0.300. The maximum absolute atomic E-state index is 4.19. The minimum atomic E-state index is 0.632. The van der Waals surface area contributed by atoms with Crippen molar-refractivity contribution < 1.29 is 0 Å². The van der Waals surface area contributed by atoms with Crippen molar-refractivity contribution in [2.75, 3.05) is 20.1 Å². The average molecular weight is 365 g/mol. The second kappa shape index (κ2) is 7.92. The first-order valence-electron chi connectivity index (χ1n) is 5.80. The predicted octanol–water partition coefficient (Wildman–Crippen LogP) is 2.72. The molecule has 17 heavy (non-hydrogen) atoms. The summed E-state index contributed by atoms with van der Waals surface area (Å²) in [5.74, 6) is 1.53. The Morgan fingerprint density at radius 2 is 2.18 bits per heavy atom. The van der Waals surface area contributed by atoms with Crippen molar-refractivity contribution in [3.05, 3.63) is 19.9 Å². The molecule has 3 nitrogen and oxygen atoms in total. The summed E-state index contributed by atoms with van der Waals surface area (Å²) >= 11 is 4.21. The molecule has 0 fully saturated rings. The van der Waals surface area contributed by atoms with Gasteiger partial charge < -0.3 is 10.6 Å². The number of halogens is 1. The molecule has 96 valence electrons. The van der Waals surface area contributed by atoms with Gasteiger partial charge in [-0.15, -0.1) is 11.3 Å². The molecule has 0 radical (unpaired) electrons. The first-order valence-corrected chi connectivity index (χ1v) is 7.70. The highest BCUT2D eigenvalue weighted by Gasteiger charge is 2.00. The Labute approximate surface area is 121 Å². The minimum absolute atomic E-state index is 0.632. The molecule has 1 rings (SSSR count). The number of nitrogens with zero attached hydrogens (tertiary/aromatic N) is 1. The van der Waals surface area contributed by atoms with E-state index in [1.807, 2.05) is 18.4 Å². The number of guanidine groups is 1. The first kappa shape index (κ1) is 14.8. The van der Waals surface area contributed by atoms with Crippen molar-refractivity contribution in [1.82, 2.24) is 10.6 Å². The topological polar surface area (TPSA) is 36.4 Å². The molecule has 1 aromatic heterocycles. The lowest BCUT2D eigenvalue weighted by Gasteiger charge is -2.12. The van der Waals surface area contributed by atoms with E-state index in [9.17, 15) is 0 Å². The summed E-state index contributed by atoms with van der Waals surface area (Å²) < 4.78 is 1.35. The zero-order valence-electron chi connectivity index (χ0n) is 10.6. The summed E-state index contributed by atoms with van der Waals surface area (Å²) in [7, 11) is 1.81. The molecule has 0 saturated carbocycles. The molecule has 2 N–H and O–H groups in total. The van der Waals surface area contributed by atoms with E-state index in [4.69, 9.17) is 0 Å². The van der Waals surface area contributed by atoms with E-state index >= 15 is 0 Å². The standard InChI is InChI=1S/C12H20IN3S/c1-9(2)8-16-12(14-3)15-7-6-10-4-5-11(13)17-10/h4-5,9H,6-8H2,1-3H3,(H2,14,15,16). The van der Waals surface area contributed by atoms with E-state index in [1.54, 1.807) is 0 Å². The van der Waals surface area contributed by atoms with Crippen LogP contribution in [0.25, 0.3) is 0 Å². The Morgan fingerprint density at radius 3 is 2.71 bits per heavy atom. The van der Waals surface area contributed by atoms with Crippen LogP contribution in [0.1, 0.15) is 18.7 Å². The smallest absolute Gasteiger partial charge is 0.190 e. The largest absolute Gasteiger partial charge is 0.356 e. The van der Waals surface area contributed by atoms with E-state index in [1.165, 1.54) is 7.76 Å². The Bertz CT molecular complexity index is 360. The lowest BCUT2D eigenvalue weighted by Crippen LogP contribution is -2.39. The van der Waals surface area contributed by atoms with Gasteiger partial charge in [0.2, 0.25) is 0 Å². The zero-order valence-corrected chi connectivity index (χ0v) is 13.6. The Morgan fingerprint density at radius 1 is 1.41 bits per heavy atom. The van der Waals surface area contributed by atoms with Crippen molar-refractivity contribution in [3.63, 3.8) is 0 Å². The van der Waals surface area contributed by atoms with Crippen molar-refractivity contribution in [3.8, 4) is 0 Å². The van der Waals surface area contributed by atoms with Gasteiger partial charge in [-0.25, -0.2) is 0 Å². The molecule has 5 heteroatoms. The third kappa shape index (κ3) is 6.26. The van der Waals surface area contributed by atoms with Gasteiger partial charge in [0, 0.05) is 25.0 Å². The van der Waals surface area contributed by atoms with Gasteiger partial charge in [0.05, 0.1) is 2.88 Å². The highest BCUT2D eigenvalue weighted by Crippen LogP contribution is 2.18. The molecule has 1 aromatic rings. The summed E-state index contributed by atoms with van der Waals surface area (Å²) in [5.41, 5.74) is 0. The number of rotatable bonds is 5. The van der Waals surface area contributed by atoms with Crippen LogP contribution in [0.5, 0.6) is 0 Å². The zero-order chi connectivity index (χ0) is 12.7. The van der Waals surface area contributed by atoms with Crippen LogP contribution in [0.3, 0.4) is 0 Å². The molecule has 0 aliphatic heterocycles. The third-order valence-electron chi connectivity index (χ3n) is 2.19. The van der Waals surface area contributed by atoms with Gasteiger partial charge >= 0.3 is 0 Å². The van der Waals surface area contributed by atoms with E-state index < -0.39 is 0 Å². The molecule has 0 aliphatic rings. The second-order valence-electron chi connectivity index (χ2n) is 4.23. The monoisotopic (exact) mass is 365 g/mol. The van der Waals surface area contributed by atoms with Crippen molar-refractivity contribution in [2.45, 2.75) is 20.3 Å². The van der Waals surface area contributed by atoms with Crippen LogP contribution in [0.2, 0.25) is 0 Å². The Kier molecular flexibility index (Phi) is 6.87. The lowest BCUT2D eigenvalue weighted by molar-refractivity contribution is 0.615. The van der Waals surface area contributed by atoms with Crippen LogP contribution in [0, 0.1) is 8.80 Å². The van der Waals surface area contributed by atoms with Gasteiger partial charge in [-0.1, -0.05) is 13.8 Å². The molecule has 0 aliphatic carbocycles. The summed E-state index contributed by atoms with van der Waals surface area (Å²) in [6.45, 7) is 6.26. The molecule has 0 bridgehead atoms. The Balaban J connectivity index is 2.24. The molecular weight excluding hydrogens is 345 g/mol. The van der Waals surface area contributed by atoms with Gasteiger partial charge in [0.15, 0.2) is 5.96 Å². The fraction of sp³-hybridized carbons (Fsp3) is 0.583. The molecule has 0 amide bonds. The second-order valence-corrected chi connectivity index (χ2v) is 7.29. The van der Waals surface area contributed by atoms with Gasteiger partial charge in [-0.3, -0.25) is 4.99 Å². The van der Waals surface area contributed by atoms with Crippen molar-refractivity contribution in [1.29, 1.82) is 0 Å². The maximum atomic E-state index is 4.19. The van der Waals surface area contributed by atoms with E-state index in [2.05, 4.69) is 64.2 Å².